The third-order valence-corrected chi connectivity index (χ3v) is 8.71. The molecule has 3 unspecified atom stereocenters. The Balaban J connectivity index is 1.29. The second-order valence-electron chi connectivity index (χ2n) is 10.3. The van der Waals surface area contributed by atoms with Crippen LogP contribution in [0.15, 0.2) is 24.3 Å². The molecule has 3 heterocycles. The standard InChI is InChI=1S/C25H33F3N2O2/c1-16-22-14-18(17-3-2-4-19(13-17)25(26,27)28)6-10-30(22)23(31)24(16)9-5-21(15-24)29-20-7-11-32-12-8-20/h2-4,13,16,18,20-22,29H,5-12,14-15H2,1H3/t16?,18?,21-,22?,24+/m1/s1. The van der Waals surface area contributed by atoms with Crippen LogP contribution in [-0.2, 0) is 15.7 Å². The van der Waals surface area contributed by atoms with Crippen molar-refractivity contribution >= 4 is 5.91 Å². The molecule has 5 rings (SSSR count). The molecule has 1 spiro atoms. The summed E-state index contributed by atoms with van der Waals surface area (Å²) < 4.78 is 45.1. The van der Waals surface area contributed by atoms with Crippen LogP contribution in [0.5, 0.6) is 0 Å². The van der Waals surface area contributed by atoms with E-state index in [4.69, 9.17) is 4.74 Å². The highest BCUT2D eigenvalue weighted by Crippen LogP contribution is 2.55. The number of benzene rings is 1. The number of carbonyl (C=O) groups excluding carboxylic acids is 1. The number of alkyl halides is 3. The molecule has 5 atom stereocenters. The lowest BCUT2D eigenvalue weighted by molar-refractivity contribution is -0.138. The van der Waals surface area contributed by atoms with Crippen LogP contribution in [0.4, 0.5) is 13.2 Å². The molecule has 0 radical (unpaired) electrons. The first-order valence-corrected chi connectivity index (χ1v) is 12.1. The van der Waals surface area contributed by atoms with E-state index < -0.39 is 11.7 Å². The molecule has 0 aromatic heterocycles. The van der Waals surface area contributed by atoms with Gasteiger partial charge in [0.25, 0.3) is 0 Å². The van der Waals surface area contributed by atoms with E-state index in [2.05, 4.69) is 17.1 Å². The molecule has 32 heavy (non-hydrogen) atoms. The van der Waals surface area contributed by atoms with E-state index in [0.717, 1.165) is 69.8 Å². The Labute approximate surface area is 187 Å². The number of nitrogens with zero attached hydrogens (tertiary/aromatic N) is 1. The van der Waals surface area contributed by atoms with Gasteiger partial charge in [-0.05, 0) is 68.4 Å². The fourth-order valence-corrected chi connectivity index (χ4v) is 6.87. The van der Waals surface area contributed by atoms with Crippen LogP contribution in [0.2, 0.25) is 0 Å². The average Bonchev–Trinajstić information content (AvgIpc) is 3.30. The topological polar surface area (TPSA) is 41.6 Å². The van der Waals surface area contributed by atoms with Gasteiger partial charge in [0.1, 0.15) is 0 Å². The highest BCUT2D eigenvalue weighted by molar-refractivity contribution is 5.86. The Morgan fingerprint density at radius 2 is 1.91 bits per heavy atom. The predicted molar refractivity (Wildman–Crippen MR) is 115 cm³/mol. The summed E-state index contributed by atoms with van der Waals surface area (Å²) in [5.41, 5.74) is -0.135. The smallest absolute Gasteiger partial charge is 0.381 e. The number of ether oxygens (including phenoxy) is 1. The Bertz CT molecular complexity index is 854. The van der Waals surface area contributed by atoms with Crippen LogP contribution in [0, 0.1) is 11.3 Å². The van der Waals surface area contributed by atoms with Crippen molar-refractivity contribution in [3.8, 4) is 0 Å². The second-order valence-corrected chi connectivity index (χ2v) is 10.3. The summed E-state index contributed by atoms with van der Waals surface area (Å²) in [5.74, 6) is 0.584. The van der Waals surface area contributed by atoms with Crippen molar-refractivity contribution in [1.82, 2.24) is 10.2 Å². The summed E-state index contributed by atoms with van der Waals surface area (Å²) in [5, 5.41) is 3.79. The van der Waals surface area contributed by atoms with Gasteiger partial charge in [0.2, 0.25) is 5.91 Å². The first kappa shape index (κ1) is 22.2. The monoisotopic (exact) mass is 450 g/mol. The van der Waals surface area contributed by atoms with E-state index >= 15 is 0 Å². The maximum absolute atomic E-state index is 13.6. The van der Waals surface area contributed by atoms with Crippen molar-refractivity contribution in [2.45, 2.75) is 82.1 Å². The van der Waals surface area contributed by atoms with Gasteiger partial charge in [0.05, 0.1) is 11.0 Å². The Morgan fingerprint density at radius 3 is 2.66 bits per heavy atom. The number of hydrogen-bond acceptors (Lipinski definition) is 3. The zero-order chi connectivity index (χ0) is 22.5. The zero-order valence-corrected chi connectivity index (χ0v) is 18.7. The molecule has 4 fully saturated rings. The number of piperidine rings is 1. The molecule has 1 saturated carbocycles. The van der Waals surface area contributed by atoms with Crippen molar-refractivity contribution in [2.75, 3.05) is 19.8 Å². The second kappa shape index (κ2) is 8.32. The molecule has 0 bridgehead atoms. The van der Waals surface area contributed by atoms with E-state index in [-0.39, 0.29) is 29.2 Å². The molecule has 1 aliphatic carbocycles. The minimum atomic E-state index is -4.33. The van der Waals surface area contributed by atoms with Crippen LogP contribution < -0.4 is 5.32 Å². The van der Waals surface area contributed by atoms with Crippen LogP contribution in [-0.4, -0.2) is 48.7 Å². The predicted octanol–water partition coefficient (Wildman–Crippen LogP) is 4.74. The molecular weight excluding hydrogens is 417 g/mol. The SMILES string of the molecule is CC1C2CC(c3cccc(C(F)(F)F)c3)CCN2C(=O)[C@]12CC[C@@H](NC1CCOCC1)C2. The highest BCUT2D eigenvalue weighted by atomic mass is 19.4. The fraction of sp³-hybridized carbons (Fsp3) is 0.720. The van der Waals surface area contributed by atoms with Gasteiger partial charge < -0.3 is 15.0 Å². The van der Waals surface area contributed by atoms with Crippen LogP contribution in [0.25, 0.3) is 0 Å². The summed E-state index contributed by atoms with van der Waals surface area (Å²) in [4.78, 5) is 15.6. The summed E-state index contributed by atoms with van der Waals surface area (Å²) >= 11 is 0. The number of nitrogens with one attached hydrogen (secondary N) is 1. The lowest BCUT2D eigenvalue weighted by Gasteiger charge is -2.37. The zero-order valence-electron chi connectivity index (χ0n) is 18.7. The van der Waals surface area contributed by atoms with Gasteiger partial charge >= 0.3 is 6.18 Å². The molecule has 1 amide bonds. The third kappa shape index (κ3) is 3.85. The number of hydrogen-bond donors (Lipinski definition) is 1. The van der Waals surface area contributed by atoms with Gasteiger partial charge in [-0.2, -0.15) is 13.2 Å². The Hall–Kier alpha value is -1.60. The van der Waals surface area contributed by atoms with Gasteiger partial charge in [-0.3, -0.25) is 4.79 Å². The van der Waals surface area contributed by atoms with Crippen LogP contribution >= 0.6 is 0 Å². The molecule has 1 N–H and O–H groups in total. The number of amides is 1. The highest BCUT2D eigenvalue weighted by Gasteiger charge is 2.60. The summed E-state index contributed by atoms with van der Waals surface area (Å²) in [6.45, 7) is 4.46. The van der Waals surface area contributed by atoms with Crippen molar-refractivity contribution in [3.05, 3.63) is 35.4 Å². The van der Waals surface area contributed by atoms with Gasteiger partial charge in [-0.15, -0.1) is 0 Å². The first-order valence-electron chi connectivity index (χ1n) is 12.1. The van der Waals surface area contributed by atoms with Crippen molar-refractivity contribution < 1.29 is 22.7 Å². The van der Waals surface area contributed by atoms with E-state index in [9.17, 15) is 18.0 Å². The molecule has 1 aromatic carbocycles. The quantitative estimate of drug-likeness (QED) is 0.724. The summed E-state index contributed by atoms with van der Waals surface area (Å²) in [6, 6.07) is 6.74. The van der Waals surface area contributed by atoms with Crippen LogP contribution in [0.1, 0.15) is 68.9 Å². The van der Waals surface area contributed by atoms with Gasteiger partial charge in [0.15, 0.2) is 0 Å². The van der Waals surface area contributed by atoms with E-state index in [1.807, 2.05) is 6.07 Å². The number of fused-ring (bicyclic) bond motifs is 1. The van der Waals surface area contributed by atoms with E-state index in [1.165, 1.54) is 12.1 Å². The van der Waals surface area contributed by atoms with E-state index in [0.29, 0.717) is 18.6 Å². The lowest BCUT2D eigenvalue weighted by atomic mass is 9.72. The lowest BCUT2D eigenvalue weighted by Crippen LogP contribution is -2.43. The molecule has 7 heteroatoms. The van der Waals surface area contributed by atoms with E-state index in [1.54, 1.807) is 0 Å². The van der Waals surface area contributed by atoms with Gasteiger partial charge in [-0.25, -0.2) is 0 Å². The average molecular weight is 451 g/mol. The molecule has 3 saturated heterocycles. The molecule has 1 aromatic rings. The molecule has 176 valence electrons. The molecule has 3 aliphatic heterocycles. The Morgan fingerprint density at radius 1 is 1.12 bits per heavy atom. The first-order chi connectivity index (χ1) is 15.3. The fourth-order valence-electron chi connectivity index (χ4n) is 6.87. The third-order valence-electron chi connectivity index (χ3n) is 8.71. The minimum absolute atomic E-state index is 0.0708. The van der Waals surface area contributed by atoms with Crippen molar-refractivity contribution in [1.29, 1.82) is 0 Å². The maximum Gasteiger partial charge on any atom is 0.416 e. The maximum atomic E-state index is 13.6. The summed E-state index contributed by atoms with van der Waals surface area (Å²) in [6.07, 6.45) is 2.03. The largest absolute Gasteiger partial charge is 0.416 e. The number of halogens is 3. The van der Waals surface area contributed by atoms with Gasteiger partial charge in [-0.1, -0.05) is 25.1 Å². The number of carbonyl (C=O) groups is 1. The Kier molecular flexibility index (Phi) is 5.77. The van der Waals surface area contributed by atoms with Crippen molar-refractivity contribution in [3.63, 3.8) is 0 Å². The van der Waals surface area contributed by atoms with Crippen LogP contribution in [0.3, 0.4) is 0 Å². The van der Waals surface area contributed by atoms with Gasteiger partial charge in [0, 0.05) is 37.9 Å². The minimum Gasteiger partial charge on any atom is -0.381 e. The summed E-state index contributed by atoms with van der Waals surface area (Å²) in [7, 11) is 0. The normalized spacial score (nSPS) is 36.1. The molecule has 4 nitrogen and oxygen atoms in total. The molecular formula is C25H33F3N2O2. The van der Waals surface area contributed by atoms with Crippen molar-refractivity contribution in [2.24, 2.45) is 11.3 Å². The number of rotatable bonds is 3. The molecule has 4 aliphatic rings.